The summed E-state index contributed by atoms with van der Waals surface area (Å²) < 4.78 is 6.81. The van der Waals surface area contributed by atoms with Gasteiger partial charge in [0.05, 0.1) is 0 Å². The lowest BCUT2D eigenvalue weighted by molar-refractivity contribution is 0.128. The fourth-order valence-corrected chi connectivity index (χ4v) is 2.17. The van der Waals surface area contributed by atoms with Crippen molar-refractivity contribution in [1.82, 2.24) is 30.2 Å². The lowest BCUT2D eigenvalue weighted by Crippen LogP contribution is -2.01. The average molecular weight is 287 g/mol. The van der Waals surface area contributed by atoms with Gasteiger partial charge in [-0.05, 0) is 29.1 Å². The van der Waals surface area contributed by atoms with E-state index in [4.69, 9.17) is 16.3 Å². The Kier molecular flexibility index (Phi) is 4.45. The van der Waals surface area contributed by atoms with E-state index in [1.54, 1.807) is 17.8 Å². The third-order valence-electron chi connectivity index (χ3n) is 1.93. The topological polar surface area (TPSA) is 78.6 Å². The Hall–Kier alpha value is -1.25. The SMILES string of the molecule is CCOCc1nc(Cl)cc(Sc2nnnn2C)n1. The van der Waals surface area contributed by atoms with Crippen LogP contribution < -0.4 is 0 Å². The molecule has 0 saturated carbocycles. The molecule has 2 aromatic heterocycles. The smallest absolute Gasteiger partial charge is 0.215 e. The Morgan fingerprint density at radius 3 is 2.94 bits per heavy atom. The Bertz CT molecular complexity index is 534. The van der Waals surface area contributed by atoms with Crippen molar-refractivity contribution in [3.8, 4) is 0 Å². The second-order valence-corrected chi connectivity index (χ2v) is 4.64. The summed E-state index contributed by atoms with van der Waals surface area (Å²) in [7, 11) is 1.76. The molecular formula is C9H11ClN6OS. The maximum atomic E-state index is 5.93. The van der Waals surface area contributed by atoms with Crippen molar-refractivity contribution < 1.29 is 4.74 Å². The van der Waals surface area contributed by atoms with Gasteiger partial charge in [0.15, 0.2) is 5.82 Å². The van der Waals surface area contributed by atoms with E-state index in [0.29, 0.717) is 34.4 Å². The number of aromatic nitrogens is 6. The molecule has 0 aromatic carbocycles. The number of hydrogen-bond acceptors (Lipinski definition) is 7. The molecular weight excluding hydrogens is 276 g/mol. The molecule has 2 aromatic rings. The van der Waals surface area contributed by atoms with E-state index in [0.717, 1.165) is 0 Å². The second-order valence-electron chi connectivity index (χ2n) is 3.27. The summed E-state index contributed by atoms with van der Waals surface area (Å²) >= 11 is 7.25. The molecule has 18 heavy (non-hydrogen) atoms. The lowest BCUT2D eigenvalue weighted by Gasteiger charge is -2.04. The molecule has 0 spiro atoms. The molecule has 2 rings (SSSR count). The Labute approximate surface area is 113 Å². The van der Waals surface area contributed by atoms with Gasteiger partial charge in [-0.25, -0.2) is 14.6 Å². The van der Waals surface area contributed by atoms with Gasteiger partial charge in [-0.3, -0.25) is 0 Å². The highest BCUT2D eigenvalue weighted by Crippen LogP contribution is 2.24. The van der Waals surface area contributed by atoms with Gasteiger partial charge in [0.25, 0.3) is 0 Å². The zero-order valence-electron chi connectivity index (χ0n) is 9.87. The fourth-order valence-electron chi connectivity index (χ4n) is 1.15. The number of hydrogen-bond donors (Lipinski definition) is 0. The molecule has 0 aliphatic rings. The van der Waals surface area contributed by atoms with Gasteiger partial charge in [0.1, 0.15) is 16.8 Å². The van der Waals surface area contributed by atoms with E-state index >= 15 is 0 Å². The van der Waals surface area contributed by atoms with Crippen LogP contribution in [0.3, 0.4) is 0 Å². The maximum Gasteiger partial charge on any atom is 0.215 e. The monoisotopic (exact) mass is 286 g/mol. The van der Waals surface area contributed by atoms with E-state index in [2.05, 4.69) is 25.5 Å². The molecule has 0 fully saturated rings. The number of nitrogens with zero attached hydrogens (tertiary/aromatic N) is 6. The highest BCUT2D eigenvalue weighted by Gasteiger charge is 2.09. The van der Waals surface area contributed by atoms with Crippen LogP contribution in [-0.4, -0.2) is 36.8 Å². The minimum Gasteiger partial charge on any atom is -0.374 e. The summed E-state index contributed by atoms with van der Waals surface area (Å²) in [5, 5.41) is 12.8. The van der Waals surface area contributed by atoms with Crippen LogP contribution >= 0.6 is 23.4 Å². The summed E-state index contributed by atoms with van der Waals surface area (Å²) in [4.78, 5) is 8.40. The predicted octanol–water partition coefficient (Wildman–Crippen LogP) is 1.34. The number of rotatable bonds is 5. The van der Waals surface area contributed by atoms with Gasteiger partial charge >= 0.3 is 0 Å². The van der Waals surface area contributed by atoms with E-state index in [1.165, 1.54) is 11.8 Å². The minimum absolute atomic E-state index is 0.335. The van der Waals surface area contributed by atoms with Crippen LogP contribution in [0.5, 0.6) is 0 Å². The van der Waals surface area contributed by atoms with Crippen molar-refractivity contribution in [1.29, 1.82) is 0 Å². The van der Waals surface area contributed by atoms with Gasteiger partial charge in [-0.15, -0.1) is 5.10 Å². The average Bonchev–Trinajstić information content (AvgIpc) is 2.72. The van der Waals surface area contributed by atoms with E-state index in [9.17, 15) is 0 Å². The van der Waals surface area contributed by atoms with Crippen LogP contribution in [0, 0.1) is 0 Å². The Morgan fingerprint density at radius 2 is 2.28 bits per heavy atom. The molecule has 0 N–H and O–H groups in total. The molecule has 0 unspecified atom stereocenters. The standard InChI is InChI=1S/C9H11ClN6OS/c1-3-17-5-7-11-6(10)4-8(12-7)18-9-13-14-15-16(9)2/h4H,3,5H2,1-2H3. The molecule has 0 saturated heterocycles. The molecule has 0 aliphatic heterocycles. The van der Waals surface area contributed by atoms with Crippen molar-refractivity contribution in [2.75, 3.05) is 6.61 Å². The molecule has 9 heteroatoms. The van der Waals surface area contributed by atoms with Crippen molar-refractivity contribution in [3.05, 3.63) is 17.0 Å². The summed E-state index contributed by atoms with van der Waals surface area (Å²) in [6.07, 6.45) is 0. The van der Waals surface area contributed by atoms with Crippen molar-refractivity contribution in [2.24, 2.45) is 7.05 Å². The largest absolute Gasteiger partial charge is 0.374 e. The first-order valence-electron chi connectivity index (χ1n) is 5.20. The zero-order chi connectivity index (χ0) is 13.0. The molecule has 0 radical (unpaired) electrons. The summed E-state index contributed by atoms with van der Waals surface area (Å²) in [5.41, 5.74) is 0. The van der Waals surface area contributed by atoms with Gasteiger partial charge in [-0.2, -0.15) is 0 Å². The first kappa shape index (κ1) is 13.2. The van der Waals surface area contributed by atoms with Gasteiger partial charge in [-0.1, -0.05) is 11.6 Å². The Balaban J connectivity index is 2.17. The summed E-state index contributed by atoms with van der Waals surface area (Å²) in [6.45, 7) is 2.85. The number of ether oxygens (including phenoxy) is 1. The minimum atomic E-state index is 0.335. The fraction of sp³-hybridized carbons (Fsp3) is 0.444. The molecule has 0 bridgehead atoms. The molecule has 0 atom stereocenters. The highest BCUT2D eigenvalue weighted by molar-refractivity contribution is 7.99. The molecule has 0 aliphatic carbocycles. The Morgan fingerprint density at radius 1 is 1.44 bits per heavy atom. The van der Waals surface area contributed by atoms with Crippen LogP contribution in [0.2, 0.25) is 5.15 Å². The van der Waals surface area contributed by atoms with Crippen molar-refractivity contribution in [3.63, 3.8) is 0 Å². The van der Waals surface area contributed by atoms with Crippen molar-refractivity contribution >= 4 is 23.4 Å². The van der Waals surface area contributed by atoms with Gasteiger partial charge in [0, 0.05) is 19.7 Å². The van der Waals surface area contributed by atoms with Crippen molar-refractivity contribution in [2.45, 2.75) is 23.7 Å². The quantitative estimate of drug-likeness (QED) is 0.767. The normalized spacial score (nSPS) is 10.8. The number of aryl methyl sites for hydroxylation is 1. The van der Waals surface area contributed by atoms with E-state index < -0.39 is 0 Å². The number of tetrazole rings is 1. The molecule has 96 valence electrons. The zero-order valence-corrected chi connectivity index (χ0v) is 11.4. The first-order valence-corrected chi connectivity index (χ1v) is 6.40. The van der Waals surface area contributed by atoms with Gasteiger partial charge < -0.3 is 4.74 Å². The van der Waals surface area contributed by atoms with Crippen LogP contribution in [0.15, 0.2) is 16.2 Å². The second kappa shape index (κ2) is 6.07. The summed E-state index contributed by atoms with van der Waals surface area (Å²) in [6, 6.07) is 1.66. The van der Waals surface area contributed by atoms with E-state index in [1.807, 2.05) is 6.92 Å². The summed E-state index contributed by atoms with van der Waals surface area (Å²) in [5.74, 6) is 0.543. The highest BCUT2D eigenvalue weighted by atomic mass is 35.5. The molecule has 2 heterocycles. The third-order valence-corrected chi connectivity index (χ3v) is 3.07. The van der Waals surface area contributed by atoms with Crippen LogP contribution in [0.4, 0.5) is 0 Å². The maximum absolute atomic E-state index is 5.93. The lowest BCUT2D eigenvalue weighted by atomic mass is 10.6. The number of halogens is 1. The molecule has 0 amide bonds. The predicted molar refractivity (Wildman–Crippen MR) is 65.3 cm³/mol. The van der Waals surface area contributed by atoms with E-state index in [-0.39, 0.29) is 0 Å². The van der Waals surface area contributed by atoms with Crippen LogP contribution in [0.25, 0.3) is 0 Å². The van der Waals surface area contributed by atoms with Crippen LogP contribution in [-0.2, 0) is 18.4 Å². The van der Waals surface area contributed by atoms with Crippen LogP contribution in [0.1, 0.15) is 12.7 Å². The molecule has 7 nitrogen and oxygen atoms in total. The third kappa shape index (κ3) is 3.37. The first-order chi connectivity index (χ1) is 8.69. The van der Waals surface area contributed by atoms with Gasteiger partial charge in [0.2, 0.25) is 5.16 Å².